The van der Waals surface area contributed by atoms with E-state index in [1.807, 2.05) is 6.92 Å². The molecule has 9 heavy (non-hydrogen) atoms. The largest absolute Gasteiger partial charge is 0.381 e. The maximum Gasteiger partial charge on any atom is 0.220 e. The van der Waals surface area contributed by atoms with Crippen LogP contribution in [0.25, 0.3) is 0 Å². The van der Waals surface area contributed by atoms with Gasteiger partial charge in [0.25, 0.3) is 0 Å². The van der Waals surface area contributed by atoms with E-state index in [1.54, 1.807) is 7.11 Å². The molecule has 0 aliphatic heterocycles. The molecular weight excluding hydrogens is 118 g/mol. The molecule has 54 valence electrons. The van der Waals surface area contributed by atoms with Crippen molar-refractivity contribution in [2.75, 3.05) is 7.11 Å². The van der Waals surface area contributed by atoms with Crippen molar-refractivity contribution in [3.8, 4) is 0 Å². The van der Waals surface area contributed by atoms with Gasteiger partial charge in [0.2, 0.25) is 5.91 Å². The first-order chi connectivity index (χ1) is 4.20. The minimum absolute atomic E-state index is 0.00231. The van der Waals surface area contributed by atoms with Gasteiger partial charge in [0.15, 0.2) is 0 Å². The van der Waals surface area contributed by atoms with Crippen LogP contribution in [0, 0.1) is 0 Å². The minimum atomic E-state index is -0.302. The second-order valence-corrected chi connectivity index (χ2v) is 1.94. The Morgan fingerprint density at radius 1 is 1.78 bits per heavy atom. The molecule has 0 heterocycles. The van der Waals surface area contributed by atoms with E-state index in [0.29, 0.717) is 6.42 Å². The highest BCUT2D eigenvalue weighted by Gasteiger charge is 2.06. The average molecular weight is 131 g/mol. The molecule has 0 aliphatic rings. The van der Waals surface area contributed by atoms with Gasteiger partial charge < -0.3 is 10.5 Å². The molecule has 0 aromatic carbocycles. The summed E-state index contributed by atoms with van der Waals surface area (Å²) in [6, 6.07) is 0. The van der Waals surface area contributed by atoms with E-state index >= 15 is 0 Å². The van der Waals surface area contributed by atoms with Crippen molar-refractivity contribution < 1.29 is 9.53 Å². The van der Waals surface area contributed by atoms with E-state index < -0.39 is 0 Å². The van der Waals surface area contributed by atoms with Gasteiger partial charge in [0, 0.05) is 7.11 Å². The maximum atomic E-state index is 10.3. The third kappa shape index (κ3) is 3.97. The smallest absolute Gasteiger partial charge is 0.220 e. The van der Waals surface area contributed by atoms with E-state index in [-0.39, 0.29) is 12.0 Å². The standard InChI is InChI=1S/C6H13NO2/c1-3-5(9-2)4-6(7)8/h5H,3-4H2,1-2H3,(H2,7,8)/t5-/m0/s1. The highest BCUT2D eigenvalue weighted by atomic mass is 16.5. The van der Waals surface area contributed by atoms with Gasteiger partial charge in [-0.1, -0.05) is 6.92 Å². The number of amides is 1. The molecule has 0 fully saturated rings. The van der Waals surface area contributed by atoms with Crippen LogP contribution in [0.2, 0.25) is 0 Å². The summed E-state index contributed by atoms with van der Waals surface area (Å²) < 4.78 is 4.91. The first-order valence-electron chi connectivity index (χ1n) is 3.01. The van der Waals surface area contributed by atoms with E-state index in [0.717, 1.165) is 6.42 Å². The third-order valence-electron chi connectivity index (χ3n) is 1.22. The van der Waals surface area contributed by atoms with Crippen molar-refractivity contribution in [2.45, 2.75) is 25.9 Å². The lowest BCUT2D eigenvalue weighted by molar-refractivity contribution is -0.120. The first-order valence-corrected chi connectivity index (χ1v) is 3.01. The number of hydrogen-bond acceptors (Lipinski definition) is 2. The van der Waals surface area contributed by atoms with Crippen LogP contribution in [0.15, 0.2) is 0 Å². The van der Waals surface area contributed by atoms with Gasteiger partial charge in [0.1, 0.15) is 0 Å². The number of carbonyl (C=O) groups is 1. The molecule has 2 N–H and O–H groups in total. The maximum absolute atomic E-state index is 10.3. The zero-order valence-corrected chi connectivity index (χ0v) is 5.89. The molecule has 1 amide bonds. The Labute approximate surface area is 55.2 Å². The van der Waals surface area contributed by atoms with Crippen molar-refractivity contribution in [1.29, 1.82) is 0 Å². The molecule has 0 aromatic heterocycles. The van der Waals surface area contributed by atoms with Crippen LogP contribution in [-0.2, 0) is 9.53 Å². The third-order valence-corrected chi connectivity index (χ3v) is 1.22. The van der Waals surface area contributed by atoms with Crippen molar-refractivity contribution in [3.63, 3.8) is 0 Å². The number of hydrogen-bond donors (Lipinski definition) is 1. The van der Waals surface area contributed by atoms with Gasteiger partial charge >= 0.3 is 0 Å². The molecule has 3 heteroatoms. The van der Waals surface area contributed by atoms with Gasteiger partial charge in [-0.05, 0) is 6.42 Å². The van der Waals surface area contributed by atoms with Crippen LogP contribution < -0.4 is 5.73 Å². The van der Waals surface area contributed by atoms with E-state index in [2.05, 4.69) is 0 Å². The Kier molecular flexibility index (Phi) is 4.05. The van der Waals surface area contributed by atoms with E-state index in [4.69, 9.17) is 10.5 Å². The molecule has 0 bridgehead atoms. The molecule has 0 radical (unpaired) electrons. The summed E-state index contributed by atoms with van der Waals surface area (Å²) in [5.74, 6) is -0.302. The molecular formula is C6H13NO2. The number of rotatable bonds is 4. The molecule has 0 aromatic rings. The monoisotopic (exact) mass is 131 g/mol. The number of primary amides is 1. The van der Waals surface area contributed by atoms with Crippen LogP contribution in [0.3, 0.4) is 0 Å². The molecule has 0 aliphatic carbocycles. The lowest BCUT2D eigenvalue weighted by Gasteiger charge is -2.08. The van der Waals surface area contributed by atoms with Gasteiger partial charge in [-0.3, -0.25) is 4.79 Å². The van der Waals surface area contributed by atoms with Crippen molar-refractivity contribution >= 4 is 5.91 Å². The fourth-order valence-corrected chi connectivity index (χ4v) is 0.619. The van der Waals surface area contributed by atoms with Crippen LogP contribution in [0.5, 0.6) is 0 Å². The summed E-state index contributed by atoms with van der Waals surface area (Å²) in [5, 5.41) is 0. The van der Waals surface area contributed by atoms with Crippen molar-refractivity contribution in [2.24, 2.45) is 5.73 Å². The predicted octanol–water partition coefficient (Wildman–Crippen LogP) is 0.287. The second kappa shape index (κ2) is 4.32. The number of ether oxygens (including phenoxy) is 1. The van der Waals surface area contributed by atoms with Crippen LogP contribution >= 0.6 is 0 Å². The zero-order chi connectivity index (χ0) is 7.28. The summed E-state index contributed by atoms with van der Waals surface area (Å²) in [4.78, 5) is 10.3. The second-order valence-electron chi connectivity index (χ2n) is 1.94. The quantitative estimate of drug-likeness (QED) is 0.596. The first kappa shape index (κ1) is 8.43. The zero-order valence-electron chi connectivity index (χ0n) is 5.89. The fraction of sp³-hybridized carbons (Fsp3) is 0.833. The highest BCUT2D eigenvalue weighted by Crippen LogP contribution is 1.99. The minimum Gasteiger partial charge on any atom is -0.381 e. The van der Waals surface area contributed by atoms with Gasteiger partial charge in [-0.15, -0.1) is 0 Å². The lowest BCUT2D eigenvalue weighted by Crippen LogP contribution is -2.20. The topological polar surface area (TPSA) is 52.3 Å². The Bertz CT molecular complexity index is 89.1. The molecule has 1 atom stereocenters. The predicted molar refractivity (Wildman–Crippen MR) is 34.9 cm³/mol. The summed E-state index contributed by atoms with van der Waals surface area (Å²) >= 11 is 0. The van der Waals surface area contributed by atoms with Gasteiger partial charge in [-0.25, -0.2) is 0 Å². The molecule has 0 saturated carbocycles. The lowest BCUT2D eigenvalue weighted by atomic mass is 10.2. The van der Waals surface area contributed by atoms with Gasteiger partial charge in [0.05, 0.1) is 12.5 Å². The average Bonchev–Trinajstić information content (AvgIpc) is 1.82. The summed E-state index contributed by atoms with van der Waals surface area (Å²) in [6.45, 7) is 1.96. The van der Waals surface area contributed by atoms with Crippen LogP contribution in [-0.4, -0.2) is 19.1 Å². The summed E-state index contributed by atoms with van der Waals surface area (Å²) in [7, 11) is 1.58. The molecule has 0 rings (SSSR count). The van der Waals surface area contributed by atoms with Gasteiger partial charge in [-0.2, -0.15) is 0 Å². The molecule has 0 unspecified atom stereocenters. The summed E-state index contributed by atoms with van der Waals surface area (Å²) in [5.41, 5.74) is 4.93. The number of methoxy groups -OCH3 is 1. The summed E-state index contributed by atoms with van der Waals surface area (Å²) in [6.07, 6.45) is 1.16. The van der Waals surface area contributed by atoms with Crippen LogP contribution in [0.4, 0.5) is 0 Å². The molecule has 0 saturated heterocycles. The van der Waals surface area contributed by atoms with E-state index in [1.165, 1.54) is 0 Å². The normalized spacial score (nSPS) is 13.1. The highest BCUT2D eigenvalue weighted by molar-refractivity contribution is 5.74. The van der Waals surface area contributed by atoms with Crippen molar-refractivity contribution in [1.82, 2.24) is 0 Å². The Morgan fingerprint density at radius 2 is 2.33 bits per heavy atom. The van der Waals surface area contributed by atoms with Crippen molar-refractivity contribution in [3.05, 3.63) is 0 Å². The Hall–Kier alpha value is -0.570. The number of carbonyl (C=O) groups excluding carboxylic acids is 1. The van der Waals surface area contributed by atoms with E-state index in [9.17, 15) is 4.79 Å². The molecule has 3 nitrogen and oxygen atoms in total. The van der Waals surface area contributed by atoms with Crippen LogP contribution in [0.1, 0.15) is 19.8 Å². The Morgan fingerprint density at radius 3 is 2.44 bits per heavy atom. The number of nitrogens with two attached hydrogens (primary N) is 1. The Balaban J connectivity index is 3.43. The molecule has 0 spiro atoms. The fourth-order valence-electron chi connectivity index (χ4n) is 0.619. The SMILES string of the molecule is CC[C@@H](CC(N)=O)OC.